The predicted molar refractivity (Wildman–Crippen MR) is 128 cm³/mol. The molecule has 0 spiro atoms. The fourth-order valence-electron chi connectivity index (χ4n) is 3.62. The molecule has 2 aromatic carbocycles. The Morgan fingerprint density at radius 2 is 1.91 bits per heavy atom. The Hall–Kier alpha value is -2.67. The molecule has 0 N–H and O–H groups in total. The van der Waals surface area contributed by atoms with E-state index in [9.17, 15) is 9.59 Å². The molecule has 1 aliphatic heterocycles. The number of thiazole rings is 1. The van der Waals surface area contributed by atoms with E-state index in [-0.39, 0.29) is 12.2 Å². The summed E-state index contributed by atoms with van der Waals surface area (Å²) < 4.78 is 7.33. The summed E-state index contributed by atoms with van der Waals surface area (Å²) in [6, 6.07) is 12.2. The first-order valence-electron chi connectivity index (χ1n) is 10.0. The Morgan fingerprint density at radius 3 is 2.56 bits per heavy atom. The van der Waals surface area contributed by atoms with Crippen molar-refractivity contribution >= 4 is 46.6 Å². The van der Waals surface area contributed by atoms with E-state index in [0.29, 0.717) is 36.2 Å². The molecule has 0 saturated carbocycles. The van der Waals surface area contributed by atoms with Crippen molar-refractivity contribution in [3.8, 4) is 0 Å². The number of aromatic nitrogens is 1. The number of hydrogen-bond acceptors (Lipinski definition) is 5. The third-order valence-electron chi connectivity index (χ3n) is 5.16. The van der Waals surface area contributed by atoms with E-state index in [1.54, 1.807) is 42.7 Å². The summed E-state index contributed by atoms with van der Waals surface area (Å²) in [5.41, 5.74) is 3.21. The van der Waals surface area contributed by atoms with Gasteiger partial charge in [-0.05, 0) is 50.1 Å². The molecule has 4 rings (SSSR count). The van der Waals surface area contributed by atoms with E-state index in [0.717, 1.165) is 11.1 Å². The van der Waals surface area contributed by atoms with Gasteiger partial charge in [0.25, 0.3) is 5.56 Å². The van der Waals surface area contributed by atoms with Gasteiger partial charge >= 0.3 is 5.97 Å². The fraction of sp³-hybridized carbons (Fsp3) is 0.208. The first-order valence-corrected chi connectivity index (χ1v) is 11.6. The molecule has 0 unspecified atom stereocenters. The molecule has 3 aromatic rings. The minimum atomic E-state index is -0.631. The first kappa shape index (κ1) is 22.5. The zero-order valence-electron chi connectivity index (χ0n) is 17.7. The van der Waals surface area contributed by atoms with Gasteiger partial charge in [0, 0.05) is 10.0 Å². The third kappa shape index (κ3) is 4.18. The molecule has 0 aliphatic carbocycles. The molecular formula is C24H20Cl2N2O3S. The highest BCUT2D eigenvalue weighted by Gasteiger charge is 2.33. The van der Waals surface area contributed by atoms with E-state index in [1.165, 1.54) is 11.3 Å². The maximum atomic E-state index is 13.5. The number of allylic oxidation sites excluding steroid dienone is 1. The third-order valence-corrected chi connectivity index (χ3v) is 6.70. The normalized spacial score (nSPS) is 16.0. The van der Waals surface area contributed by atoms with Crippen molar-refractivity contribution in [3.63, 3.8) is 0 Å². The lowest BCUT2D eigenvalue weighted by molar-refractivity contribution is -0.139. The summed E-state index contributed by atoms with van der Waals surface area (Å²) in [7, 11) is 0. The molecule has 0 fully saturated rings. The summed E-state index contributed by atoms with van der Waals surface area (Å²) in [4.78, 5) is 31.5. The second kappa shape index (κ2) is 9.06. The van der Waals surface area contributed by atoms with Gasteiger partial charge in [-0.3, -0.25) is 9.36 Å². The number of nitrogens with zero attached hydrogens (tertiary/aromatic N) is 2. The minimum absolute atomic E-state index is 0.232. The lowest BCUT2D eigenvalue weighted by Gasteiger charge is -2.24. The largest absolute Gasteiger partial charge is 0.463 e. The van der Waals surface area contributed by atoms with Crippen LogP contribution in [0.1, 0.15) is 36.6 Å². The Labute approximate surface area is 198 Å². The molecule has 5 nitrogen and oxygen atoms in total. The number of carbonyl (C=O) groups is 1. The monoisotopic (exact) mass is 486 g/mol. The number of benzene rings is 2. The SMILES string of the molecule is CCOC(=O)C1=C(C)N=c2s/c(=C\c3ccc(Cl)cc3Cl)c(=O)n2[C@@H]1c1ccc(C)cc1. The molecule has 1 aromatic heterocycles. The molecule has 0 saturated heterocycles. The summed E-state index contributed by atoms with van der Waals surface area (Å²) >= 11 is 13.6. The van der Waals surface area contributed by atoms with Crippen LogP contribution >= 0.6 is 34.5 Å². The summed E-state index contributed by atoms with van der Waals surface area (Å²) in [6.45, 7) is 5.73. The van der Waals surface area contributed by atoms with Crippen LogP contribution in [-0.4, -0.2) is 17.1 Å². The van der Waals surface area contributed by atoms with E-state index < -0.39 is 12.0 Å². The maximum Gasteiger partial charge on any atom is 0.338 e. The molecule has 1 atom stereocenters. The first-order chi connectivity index (χ1) is 15.3. The van der Waals surface area contributed by atoms with Crippen LogP contribution in [0.25, 0.3) is 6.08 Å². The van der Waals surface area contributed by atoms with Gasteiger partial charge in [-0.25, -0.2) is 9.79 Å². The maximum absolute atomic E-state index is 13.5. The van der Waals surface area contributed by atoms with Crippen LogP contribution < -0.4 is 14.9 Å². The van der Waals surface area contributed by atoms with Crippen LogP contribution in [-0.2, 0) is 9.53 Å². The summed E-state index contributed by atoms with van der Waals surface area (Å²) in [5, 5.41) is 0.962. The van der Waals surface area contributed by atoms with Crippen LogP contribution in [0.3, 0.4) is 0 Å². The van der Waals surface area contributed by atoms with Gasteiger partial charge in [0.05, 0.1) is 28.5 Å². The van der Waals surface area contributed by atoms with E-state index >= 15 is 0 Å². The standard InChI is InChI=1S/C24H20Cl2N2O3S/c1-4-31-23(30)20-14(3)27-24-28(21(20)15-7-5-13(2)6-8-15)22(29)19(32-24)11-16-9-10-17(25)12-18(16)26/h5-12,21H,4H2,1-3H3/b19-11-/t21-/m1/s1. The molecule has 164 valence electrons. The van der Waals surface area contributed by atoms with E-state index in [2.05, 4.69) is 4.99 Å². The number of carbonyl (C=O) groups excluding carboxylic acids is 1. The number of rotatable bonds is 4. The summed E-state index contributed by atoms with van der Waals surface area (Å²) in [5.74, 6) is -0.477. The van der Waals surface area contributed by atoms with Gasteiger partial charge in [-0.2, -0.15) is 0 Å². The molecule has 1 aliphatic rings. The van der Waals surface area contributed by atoms with Crippen molar-refractivity contribution in [2.45, 2.75) is 26.8 Å². The predicted octanol–water partition coefficient (Wildman–Crippen LogP) is 4.41. The quantitative estimate of drug-likeness (QED) is 0.513. The number of ether oxygens (including phenoxy) is 1. The Kier molecular flexibility index (Phi) is 6.38. The zero-order valence-corrected chi connectivity index (χ0v) is 20.0. The lowest BCUT2D eigenvalue weighted by atomic mass is 9.95. The second-order valence-corrected chi connectivity index (χ2v) is 9.23. The van der Waals surface area contributed by atoms with Crippen LogP contribution in [0.4, 0.5) is 0 Å². The average molecular weight is 487 g/mol. The Balaban J connectivity index is 1.96. The summed E-state index contributed by atoms with van der Waals surface area (Å²) in [6.07, 6.45) is 1.72. The highest BCUT2D eigenvalue weighted by Crippen LogP contribution is 2.31. The topological polar surface area (TPSA) is 60.7 Å². The number of hydrogen-bond donors (Lipinski definition) is 0. The Morgan fingerprint density at radius 1 is 1.19 bits per heavy atom. The second-order valence-electron chi connectivity index (χ2n) is 7.38. The van der Waals surface area contributed by atoms with Crippen molar-refractivity contribution in [1.82, 2.24) is 4.57 Å². The number of esters is 1. The molecule has 8 heteroatoms. The van der Waals surface area contributed by atoms with Crippen LogP contribution in [0.15, 0.2) is 63.5 Å². The van der Waals surface area contributed by atoms with Gasteiger partial charge < -0.3 is 4.74 Å². The Bertz CT molecular complexity index is 1420. The van der Waals surface area contributed by atoms with Crippen LogP contribution in [0.2, 0.25) is 10.0 Å². The van der Waals surface area contributed by atoms with Crippen LogP contribution in [0, 0.1) is 6.92 Å². The molecule has 2 heterocycles. The minimum Gasteiger partial charge on any atom is -0.463 e. The molecule has 0 amide bonds. The number of aryl methyl sites for hydroxylation is 1. The molecule has 32 heavy (non-hydrogen) atoms. The molecular weight excluding hydrogens is 467 g/mol. The van der Waals surface area contributed by atoms with Crippen molar-refractivity contribution in [2.75, 3.05) is 6.61 Å². The average Bonchev–Trinajstić information content (AvgIpc) is 3.04. The number of halogens is 2. The van der Waals surface area contributed by atoms with E-state index in [4.69, 9.17) is 27.9 Å². The molecule has 0 radical (unpaired) electrons. The highest BCUT2D eigenvalue weighted by atomic mass is 35.5. The fourth-order valence-corrected chi connectivity index (χ4v) is 5.12. The smallest absolute Gasteiger partial charge is 0.338 e. The van der Waals surface area contributed by atoms with Crippen molar-refractivity contribution in [3.05, 3.63) is 100 Å². The lowest BCUT2D eigenvalue weighted by Crippen LogP contribution is -2.39. The van der Waals surface area contributed by atoms with Crippen molar-refractivity contribution in [2.24, 2.45) is 4.99 Å². The zero-order chi connectivity index (χ0) is 23.0. The molecule has 0 bridgehead atoms. The number of fused-ring (bicyclic) bond motifs is 1. The highest BCUT2D eigenvalue weighted by molar-refractivity contribution is 7.07. The van der Waals surface area contributed by atoms with E-state index in [1.807, 2.05) is 31.2 Å². The van der Waals surface area contributed by atoms with Gasteiger partial charge in [0.15, 0.2) is 4.80 Å². The van der Waals surface area contributed by atoms with Gasteiger partial charge in [-0.15, -0.1) is 0 Å². The van der Waals surface area contributed by atoms with Crippen molar-refractivity contribution < 1.29 is 9.53 Å². The van der Waals surface area contributed by atoms with Crippen molar-refractivity contribution in [1.29, 1.82) is 0 Å². The van der Waals surface area contributed by atoms with Gasteiger partial charge in [0.1, 0.15) is 0 Å². The van der Waals surface area contributed by atoms with Gasteiger partial charge in [-0.1, -0.05) is 70.4 Å². The van der Waals surface area contributed by atoms with Crippen LogP contribution in [0.5, 0.6) is 0 Å². The van der Waals surface area contributed by atoms with Gasteiger partial charge in [0.2, 0.25) is 0 Å².